The Bertz CT molecular complexity index is 259. The lowest BCUT2D eigenvalue weighted by atomic mass is 9.80. The number of hydrogen-bond acceptors (Lipinski definition) is 3. The van der Waals surface area contributed by atoms with Gasteiger partial charge >= 0.3 is 0 Å². The van der Waals surface area contributed by atoms with Crippen molar-refractivity contribution in [3.05, 3.63) is 0 Å². The molecule has 0 bridgehead atoms. The molecule has 19 heavy (non-hydrogen) atoms. The highest BCUT2D eigenvalue weighted by molar-refractivity contribution is 4.91. The van der Waals surface area contributed by atoms with Crippen LogP contribution < -0.4 is 5.73 Å². The van der Waals surface area contributed by atoms with Crippen molar-refractivity contribution in [3.63, 3.8) is 0 Å². The molecule has 0 spiro atoms. The Morgan fingerprint density at radius 2 is 1.79 bits per heavy atom. The molecule has 2 rings (SSSR count). The molecule has 1 aliphatic heterocycles. The highest BCUT2D eigenvalue weighted by Crippen LogP contribution is 2.29. The minimum Gasteiger partial charge on any atom is -0.326 e. The maximum atomic E-state index is 6.39. The molecule has 1 heterocycles. The van der Waals surface area contributed by atoms with E-state index in [2.05, 4.69) is 30.6 Å². The minimum absolute atomic E-state index is 0.416. The molecule has 0 aromatic heterocycles. The first-order valence-corrected chi connectivity index (χ1v) is 8.32. The first-order chi connectivity index (χ1) is 9.10. The molecule has 1 saturated heterocycles. The largest absolute Gasteiger partial charge is 0.326 e. The van der Waals surface area contributed by atoms with Crippen LogP contribution >= 0.6 is 0 Å². The molecular formula is C16H33N3. The Balaban J connectivity index is 1.82. The fraction of sp³-hybridized carbons (Fsp3) is 1.00. The maximum Gasteiger partial charge on any atom is 0.0250 e. The van der Waals surface area contributed by atoms with E-state index < -0.39 is 0 Å². The van der Waals surface area contributed by atoms with Gasteiger partial charge in [-0.05, 0) is 31.1 Å². The third-order valence-electron chi connectivity index (χ3n) is 5.05. The van der Waals surface area contributed by atoms with E-state index in [-0.39, 0.29) is 0 Å². The molecule has 1 saturated carbocycles. The van der Waals surface area contributed by atoms with Crippen LogP contribution in [-0.4, -0.2) is 54.6 Å². The quantitative estimate of drug-likeness (QED) is 0.847. The van der Waals surface area contributed by atoms with E-state index in [1.807, 2.05) is 0 Å². The highest BCUT2D eigenvalue weighted by atomic mass is 15.3. The summed E-state index contributed by atoms with van der Waals surface area (Å²) in [5, 5.41) is 0. The van der Waals surface area contributed by atoms with E-state index in [0.29, 0.717) is 12.1 Å². The minimum atomic E-state index is 0.416. The fourth-order valence-electron chi connectivity index (χ4n) is 3.84. The van der Waals surface area contributed by atoms with E-state index in [4.69, 9.17) is 5.73 Å². The average Bonchev–Trinajstić information content (AvgIpc) is 2.40. The molecule has 0 amide bonds. The van der Waals surface area contributed by atoms with Crippen LogP contribution in [0.1, 0.15) is 46.5 Å². The second-order valence-electron chi connectivity index (χ2n) is 7.05. The van der Waals surface area contributed by atoms with Gasteiger partial charge < -0.3 is 10.6 Å². The summed E-state index contributed by atoms with van der Waals surface area (Å²) in [6.07, 6.45) is 5.25. The molecule has 3 atom stereocenters. The standard InChI is InChI=1S/C16H33N3/c1-4-14-5-6-15(17)16(11-14)19-9-7-18(8-10-19)12-13(2)3/h13-16H,4-12,17H2,1-3H3. The summed E-state index contributed by atoms with van der Waals surface area (Å²) in [7, 11) is 0. The van der Waals surface area contributed by atoms with Crippen molar-refractivity contribution in [2.75, 3.05) is 32.7 Å². The van der Waals surface area contributed by atoms with Gasteiger partial charge in [0.15, 0.2) is 0 Å². The molecule has 2 fully saturated rings. The summed E-state index contributed by atoms with van der Waals surface area (Å²) in [4.78, 5) is 5.30. The molecule has 2 aliphatic rings. The van der Waals surface area contributed by atoms with Gasteiger partial charge in [0.05, 0.1) is 0 Å². The van der Waals surface area contributed by atoms with Crippen LogP contribution in [0.15, 0.2) is 0 Å². The summed E-state index contributed by atoms with van der Waals surface area (Å²) in [5.41, 5.74) is 6.39. The molecule has 0 aromatic carbocycles. The van der Waals surface area contributed by atoms with Gasteiger partial charge in [-0.15, -0.1) is 0 Å². The number of rotatable bonds is 4. The zero-order chi connectivity index (χ0) is 13.8. The molecular weight excluding hydrogens is 234 g/mol. The second-order valence-corrected chi connectivity index (χ2v) is 7.05. The van der Waals surface area contributed by atoms with Crippen molar-refractivity contribution in [3.8, 4) is 0 Å². The summed E-state index contributed by atoms with van der Waals surface area (Å²) < 4.78 is 0. The van der Waals surface area contributed by atoms with Crippen LogP contribution in [0.25, 0.3) is 0 Å². The van der Waals surface area contributed by atoms with Crippen LogP contribution in [0.2, 0.25) is 0 Å². The fourth-order valence-corrected chi connectivity index (χ4v) is 3.84. The summed E-state index contributed by atoms with van der Waals surface area (Å²) >= 11 is 0. The molecule has 3 heteroatoms. The molecule has 3 nitrogen and oxygen atoms in total. The van der Waals surface area contributed by atoms with Gasteiger partial charge in [0, 0.05) is 44.8 Å². The lowest BCUT2D eigenvalue weighted by Crippen LogP contribution is -2.57. The molecule has 2 N–H and O–H groups in total. The number of nitrogens with two attached hydrogens (primary N) is 1. The van der Waals surface area contributed by atoms with Crippen LogP contribution in [0.3, 0.4) is 0 Å². The number of nitrogens with zero attached hydrogens (tertiary/aromatic N) is 2. The zero-order valence-corrected chi connectivity index (χ0v) is 13.1. The van der Waals surface area contributed by atoms with E-state index in [1.54, 1.807) is 0 Å². The van der Waals surface area contributed by atoms with Gasteiger partial charge in [-0.3, -0.25) is 4.90 Å². The number of piperazine rings is 1. The smallest absolute Gasteiger partial charge is 0.0250 e. The first kappa shape index (κ1) is 15.3. The van der Waals surface area contributed by atoms with Gasteiger partial charge in [0.2, 0.25) is 0 Å². The Morgan fingerprint density at radius 3 is 2.37 bits per heavy atom. The SMILES string of the molecule is CCC1CCC(N)C(N2CCN(CC(C)C)CC2)C1. The van der Waals surface area contributed by atoms with Gasteiger partial charge in [-0.2, -0.15) is 0 Å². The van der Waals surface area contributed by atoms with Crippen LogP contribution in [-0.2, 0) is 0 Å². The molecule has 0 aromatic rings. The van der Waals surface area contributed by atoms with Crippen LogP contribution in [0.5, 0.6) is 0 Å². The summed E-state index contributed by atoms with van der Waals surface area (Å²) in [6, 6.07) is 1.07. The van der Waals surface area contributed by atoms with E-state index in [9.17, 15) is 0 Å². The van der Waals surface area contributed by atoms with Gasteiger partial charge in [0.1, 0.15) is 0 Å². The Kier molecular flexibility index (Phi) is 5.67. The molecule has 0 radical (unpaired) electrons. The van der Waals surface area contributed by atoms with Gasteiger partial charge in [-0.1, -0.05) is 27.2 Å². The van der Waals surface area contributed by atoms with Gasteiger partial charge in [0.25, 0.3) is 0 Å². The maximum absolute atomic E-state index is 6.39. The van der Waals surface area contributed by atoms with E-state index in [0.717, 1.165) is 11.8 Å². The summed E-state index contributed by atoms with van der Waals surface area (Å²) in [6.45, 7) is 13.1. The van der Waals surface area contributed by atoms with E-state index in [1.165, 1.54) is 58.4 Å². The van der Waals surface area contributed by atoms with Crippen molar-refractivity contribution in [2.24, 2.45) is 17.6 Å². The van der Waals surface area contributed by atoms with Crippen molar-refractivity contribution < 1.29 is 0 Å². The summed E-state index contributed by atoms with van der Waals surface area (Å²) in [5.74, 6) is 1.70. The molecule has 3 unspecified atom stereocenters. The van der Waals surface area contributed by atoms with Crippen LogP contribution in [0.4, 0.5) is 0 Å². The third kappa shape index (κ3) is 4.17. The normalized spacial score (nSPS) is 34.9. The third-order valence-corrected chi connectivity index (χ3v) is 5.05. The van der Waals surface area contributed by atoms with Crippen LogP contribution in [0, 0.1) is 11.8 Å². The second kappa shape index (κ2) is 7.05. The Hall–Kier alpha value is -0.120. The zero-order valence-electron chi connectivity index (χ0n) is 13.1. The molecule has 1 aliphatic carbocycles. The highest BCUT2D eigenvalue weighted by Gasteiger charge is 2.33. The van der Waals surface area contributed by atoms with Crippen molar-refractivity contribution in [2.45, 2.75) is 58.5 Å². The topological polar surface area (TPSA) is 32.5 Å². The monoisotopic (exact) mass is 267 g/mol. The van der Waals surface area contributed by atoms with Crippen molar-refractivity contribution in [1.29, 1.82) is 0 Å². The predicted molar refractivity (Wildman–Crippen MR) is 82.2 cm³/mol. The Morgan fingerprint density at radius 1 is 1.11 bits per heavy atom. The Labute approximate surface area is 119 Å². The first-order valence-electron chi connectivity index (χ1n) is 8.32. The van der Waals surface area contributed by atoms with Crippen molar-refractivity contribution >= 4 is 0 Å². The average molecular weight is 267 g/mol. The number of hydrogen-bond donors (Lipinski definition) is 1. The lowest BCUT2D eigenvalue weighted by Gasteiger charge is -2.45. The van der Waals surface area contributed by atoms with Crippen molar-refractivity contribution in [1.82, 2.24) is 9.80 Å². The van der Waals surface area contributed by atoms with Gasteiger partial charge in [-0.25, -0.2) is 0 Å². The molecule has 112 valence electrons. The predicted octanol–water partition coefficient (Wildman–Crippen LogP) is 2.17. The lowest BCUT2D eigenvalue weighted by molar-refractivity contribution is 0.0519. The van der Waals surface area contributed by atoms with E-state index >= 15 is 0 Å².